The van der Waals surface area contributed by atoms with Crippen molar-refractivity contribution in [1.82, 2.24) is 25.1 Å². The van der Waals surface area contributed by atoms with Crippen molar-refractivity contribution in [3.8, 4) is 5.82 Å². The van der Waals surface area contributed by atoms with Crippen LogP contribution in [0.4, 0.5) is 4.79 Å². The van der Waals surface area contributed by atoms with E-state index in [2.05, 4.69) is 36.3 Å². The summed E-state index contributed by atoms with van der Waals surface area (Å²) in [6.07, 6.45) is 2.59. The number of ether oxygens (including phenoxy) is 1. The van der Waals surface area contributed by atoms with Gasteiger partial charge < -0.3 is 10.1 Å². The molecule has 1 amide bonds. The highest BCUT2D eigenvalue weighted by Crippen LogP contribution is 2.16. The van der Waals surface area contributed by atoms with Gasteiger partial charge in [0.05, 0.1) is 6.04 Å². The van der Waals surface area contributed by atoms with Gasteiger partial charge in [-0.25, -0.2) is 14.8 Å². The quantitative estimate of drug-likeness (QED) is 0.901. The van der Waals surface area contributed by atoms with Gasteiger partial charge in [0.25, 0.3) is 0 Å². The number of nitrogens with zero attached hydrogens (tertiary/aromatic N) is 4. The molecule has 2 heterocycles. The lowest BCUT2D eigenvalue weighted by Gasteiger charge is -2.21. The molecule has 1 N–H and O–H groups in total. The highest BCUT2D eigenvalue weighted by atomic mass is 79.9. The first-order valence-corrected chi connectivity index (χ1v) is 7.57. The van der Waals surface area contributed by atoms with Crippen molar-refractivity contribution in [2.24, 2.45) is 0 Å². The lowest BCUT2D eigenvalue weighted by atomic mass is 10.2. The van der Waals surface area contributed by atoms with Crippen LogP contribution in [0.3, 0.4) is 0 Å². The van der Waals surface area contributed by atoms with E-state index in [1.807, 2.05) is 39.8 Å². The number of amides is 1. The van der Waals surface area contributed by atoms with Crippen LogP contribution in [0.1, 0.15) is 39.6 Å². The fourth-order valence-electron chi connectivity index (χ4n) is 1.76. The van der Waals surface area contributed by atoms with Crippen molar-refractivity contribution in [2.45, 2.75) is 39.3 Å². The van der Waals surface area contributed by atoms with Crippen molar-refractivity contribution in [2.75, 3.05) is 0 Å². The standard InChI is InChI=1S/C14H18BrN5O2/c1-9(19-13(21)22-14(2,3)4)12-17-8-18-20(12)11-6-5-10(15)7-16-11/h5-9H,1-4H3,(H,19,21)/t9-/m0/s1. The van der Waals surface area contributed by atoms with E-state index in [1.54, 1.807) is 10.9 Å². The zero-order valence-corrected chi connectivity index (χ0v) is 14.5. The Bertz CT molecular complexity index is 648. The molecule has 2 rings (SSSR count). The number of hydrogen-bond donors (Lipinski definition) is 1. The predicted octanol–water partition coefficient (Wildman–Crippen LogP) is 3.01. The Labute approximate surface area is 137 Å². The first-order valence-electron chi connectivity index (χ1n) is 6.77. The Morgan fingerprint density at radius 1 is 1.36 bits per heavy atom. The lowest BCUT2D eigenvalue weighted by molar-refractivity contribution is 0.0505. The molecule has 22 heavy (non-hydrogen) atoms. The smallest absolute Gasteiger partial charge is 0.408 e. The summed E-state index contributed by atoms with van der Waals surface area (Å²) < 4.78 is 7.69. The molecule has 0 aromatic carbocycles. The van der Waals surface area contributed by atoms with Gasteiger partial charge in [-0.1, -0.05) is 0 Å². The van der Waals surface area contributed by atoms with Gasteiger partial charge >= 0.3 is 6.09 Å². The number of hydrogen-bond acceptors (Lipinski definition) is 5. The van der Waals surface area contributed by atoms with Crippen LogP contribution in [-0.4, -0.2) is 31.4 Å². The molecule has 0 saturated carbocycles. The number of alkyl carbamates (subject to hydrolysis) is 1. The summed E-state index contributed by atoms with van der Waals surface area (Å²) >= 11 is 3.34. The van der Waals surface area contributed by atoms with Gasteiger partial charge in [-0.05, 0) is 55.8 Å². The first-order chi connectivity index (χ1) is 10.3. The molecule has 0 aliphatic heterocycles. The zero-order valence-electron chi connectivity index (χ0n) is 12.9. The van der Waals surface area contributed by atoms with E-state index in [-0.39, 0.29) is 6.04 Å². The molecule has 0 aliphatic rings. The van der Waals surface area contributed by atoms with Crippen LogP contribution >= 0.6 is 15.9 Å². The van der Waals surface area contributed by atoms with Gasteiger partial charge in [0, 0.05) is 10.7 Å². The minimum absolute atomic E-state index is 0.372. The average Bonchev–Trinajstić information content (AvgIpc) is 2.86. The zero-order chi connectivity index (χ0) is 16.3. The summed E-state index contributed by atoms with van der Waals surface area (Å²) in [5, 5.41) is 6.89. The van der Waals surface area contributed by atoms with Gasteiger partial charge in [-0.2, -0.15) is 9.78 Å². The summed E-state index contributed by atoms with van der Waals surface area (Å²) in [6.45, 7) is 7.24. The average molecular weight is 368 g/mol. The number of pyridine rings is 1. The van der Waals surface area contributed by atoms with Crippen LogP contribution in [-0.2, 0) is 4.74 Å². The van der Waals surface area contributed by atoms with Gasteiger partial charge in [0.2, 0.25) is 0 Å². The van der Waals surface area contributed by atoms with E-state index in [4.69, 9.17) is 4.74 Å². The third kappa shape index (κ3) is 4.27. The molecule has 0 bridgehead atoms. The predicted molar refractivity (Wildman–Crippen MR) is 84.6 cm³/mol. The molecule has 0 radical (unpaired) electrons. The molecular formula is C14H18BrN5O2. The Morgan fingerprint density at radius 3 is 2.68 bits per heavy atom. The highest BCUT2D eigenvalue weighted by Gasteiger charge is 2.21. The fraction of sp³-hybridized carbons (Fsp3) is 0.429. The molecule has 7 nitrogen and oxygen atoms in total. The number of halogens is 1. The SMILES string of the molecule is C[C@H](NC(=O)OC(C)(C)C)c1ncnn1-c1ccc(Br)cn1. The second-order valence-corrected chi connectivity index (χ2v) is 6.65. The fourth-order valence-corrected chi connectivity index (χ4v) is 2.00. The molecule has 2 aromatic heterocycles. The third-order valence-electron chi connectivity index (χ3n) is 2.62. The Hall–Kier alpha value is -1.96. The van der Waals surface area contributed by atoms with Crippen molar-refractivity contribution in [3.05, 3.63) is 35.0 Å². The van der Waals surface area contributed by atoms with Gasteiger partial charge in [-0.3, -0.25) is 0 Å². The molecule has 0 unspecified atom stereocenters. The van der Waals surface area contributed by atoms with Gasteiger partial charge in [0.1, 0.15) is 11.9 Å². The van der Waals surface area contributed by atoms with Crippen LogP contribution in [0.25, 0.3) is 5.82 Å². The highest BCUT2D eigenvalue weighted by molar-refractivity contribution is 9.10. The molecule has 118 valence electrons. The van der Waals surface area contributed by atoms with Crippen LogP contribution in [0.5, 0.6) is 0 Å². The van der Waals surface area contributed by atoms with Crippen LogP contribution in [0.15, 0.2) is 29.1 Å². The lowest BCUT2D eigenvalue weighted by Crippen LogP contribution is -2.35. The van der Waals surface area contributed by atoms with E-state index in [0.29, 0.717) is 11.6 Å². The van der Waals surface area contributed by atoms with Crippen molar-refractivity contribution in [1.29, 1.82) is 0 Å². The molecule has 0 spiro atoms. The molecule has 0 saturated heterocycles. The summed E-state index contributed by atoms with van der Waals surface area (Å²) in [7, 11) is 0. The summed E-state index contributed by atoms with van der Waals surface area (Å²) in [5.74, 6) is 1.19. The maximum Gasteiger partial charge on any atom is 0.408 e. The van der Waals surface area contributed by atoms with Crippen LogP contribution in [0.2, 0.25) is 0 Å². The second kappa shape index (κ2) is 6.43. The monoisotopic (exact) mass is 367 g/mol. The minimum Gasteiger partial charge on any atom is -0.444 e. The summed E-state index contributed by atoms with van der Waals surface area (Å²) in [4.78, 5) is 20.3. The van der Waals surface area contributed by atoms with Crippen LogP contribution in [0, 0.1) is 0 Å². The Morgan fingerprint density at radius 2 is 2.09 bits per heavy atom. The van der Waals surface area contributed by atoms with Crippen molar-refractivity contribution >= 4 is 22.0 Å². The Kier molecular flexibility index (Phi) is 4.80. The normalized spacial score (nSPS) is 12.8. The first kappa shape index (κ1) is 16.4. The van der Waals surface area contributed by atoms with Crippen LogP contribution < -0.4 is 5.32 Å². The van der Waals surface area contributed by atoms with Gasteiger partial charge in [0.15, 0.2) is 11.6 Å². The topological polar surface area (TPSA) is 81.9 Å². The van der Waals surface area contributed by atoms with E-state index < -0.39 is 11.7 Å². The van der Waals surface area contributed by atoms with E-state index in [0.717, 1.165) is 4.47 Å². The minimum atomic E-state index is -0.551. The van der Waals surface area contributed by atoms with E-state index in [1.165, 1.54) is 6.33 Å². The number of aromatic nitrogens is 4. The van der Waals surface area contributed by atoms with Gasteiger partial charge in [-0.15, -0.1) is 0 Å². The molecule has 0 aliphatic carbocycles. The number of nitrogens with one attached hydrogen (secondary N) is 1. The molecule has 0 fully saturated rings. The van der Waals surface area contributed by atoms with Crippen molar-refractivity contribution in [3.63, 3.8) is 0 Å². The second-order valence-electron chi connectivity index (χ2n) is 5.73. The largest absolute Gasteiger partial charge is 0.444 e. The summed E-state index contributed by atoms with van der Waals surface area (Å²) in [6, 6.07) is 3.30. The molecular weight excluding hydrogens is 350 g/mol. The Balaban J connectivity index is 2.15. The van der Waals surface area contributed by atoms with E-state index >= 15 is 0 Å². The number of rotatable bonds is 3. The van der Waals surface area contributed by atoms with E-state index in [9.17, 15) is 4.79 Å². The van der Waals surface area contributed by atoms with Crippen molar-refractivity contribution < 1.29 is 9.53 Å². The maximum atomic E-state index is 11.8. The summed E-state index contributed by atoms with van der Waals surface area (Å²) in [5.41, 5.74) is -0.551. The number of carbonyl (C=O) groups is 1. The molecule has 1 atom stereocenters. The number of carbonyl (C=O) groups excluding carboxylic acids is 1. The third-order valence-corrected chi connectivity index (χ3v) is 3.09. The molecule has 2 aromatic rings. The molecule has 8 heteroatoms. The maximum absolute atomic E-state index is 11.8.